The molecule has 0 unspecified atom stereocenters. The third kappa shape index (κ3) is 2.19. The summed E-state index contributed by atoms with van der Waals surface area (Å²) in [6.45, 7) is 2.01. The van der Waals surface area contributed by atoms with E-state index < -0.39 is 0 Å². The molecule has 0 spiro atoms. The Kier molecular flexibility index (Phi) is 2.88. The highest BCUT2D eigenvalue weighted by Gasteiger charge is 2.17. The topological polar surface area (TPSA) is 24.8 Å². The number of rotatable bonds is 1. The van der Waals surface area contributed by atoms with E-state index in [2.05, 4.69) is 4.99 Å². The second kappa shape index (κ2) is 4.18. The second-order valence-electron chi connectivity index (χ2n) is 3.93. The van der Waals surface area contributed by atoms with Crippen LogP contribution >= 0.6 is 11.6 Å². The van der Waals surface area contributed by atoms with Crippen molar-refractivity contribution in [3.63, 3.8) is 0 Å². The smallest absolute Gasteiger partial charge is 0.180 e. The molecule has 0 amide bonds. The van der Waals surface area contributed by atoms with Crippen LogP contribution in [0.15, 0.2) is 35.2 Å². The molecule has 0 radical (unpaired) electrons. The number of halogens is 1. The summed E-state index contributed by atoms with van der Waals surface area (Å²) >= 11 is 6.04. The van der Waals surface area contributed by atoms with Gasteiger partial charge in [0, 0.05) is 20.3 Å². The standard InChI is InChI=1S/C12H13ClN2O/c1-8-4-5-10-9(6-8)14-12(13)11(16-10)7-15(2)3/h4-7H,1-3H3/b11-7+. The molecule has 1 aliphatic rings. The number of nitrogens with zero attached hydrogens (tertiary/aromatic N) is 2. The van der Waals surface area contributed by atoms with Gasteiger partial charge in [0.25, 0.3) is 0 Å². The molecule has 0 atom stereocenters. The fourth-order valence-electron chi connectivity index (χ4n) is 1.44. The summed E-state index contributed by atoms with van der Waals surface area (Å²) in [5.41, 5.74) is 1.91. The molecule has 3 nitrogen and oxygen atoms in total. The van der Waals surface area contributed by atoms with Crippen molar-refractivity contribution in [2.24, 2.45) is 4.99 Å². The monoisotopic (exact) mass is 236 g/mol. The van der Waals surface area contributed by atoms with Crippen LogP contribution < -0.4 is 4.74 Å². The van der Waals surface area contributed by atoms with Gasteiger partial charge in [0.05, 0.1) is 0 Å². The second-order valence-corrected chi connectivity index (χ2v) is 4.29. The van der Waals surface area contributed by atoms with E-state index >= 15 is 0 Å². The van der Waals surface area contributed by atoms with Crippen LogP contribution in [0.25, 0.3) is 0 Å². The lowest BCUT2D eigenvalue weighted by atomic mass is 10.2. The minimum absolute atomic E-state index is 0.381. The third-order valence-electron chi connectivity index (χ3n) is 2.13. The maximum absolute atomic E-state index is 6.04. The van der Waals surface area contributed by atoms with E-state index in [0.717, 1.165) is 17.0 Å². The molecule has 1 aromatic rings. The maximum Gasteiger partial charge on any atom is 0.180 e. The Morgan fingerprint density at radius 2 is 2.12 bits per heavy atom. The summed E-state index contributed by atoms with van der Waals surface area (Å²) in [5, 5.41) is 0.381. The van der Waals surface area contributed by atoms with Crippen LogP contribution in [0.5, 0.6) is 5.75 Å². The van der Waals surface area contributed by atoms with Gasteiger partial charge in [-0.3, -0.25) is 0 Å². The first-order valence-electron chi connectivity index (χ1n) is 4.97. The molecule has 1 aliphatic heterocycles. The molecule has 84 valence electrons. The fraction of sp³-hybridized carbons (Fsp3) is 0.250. The summed E-state index contributed by atoms with van der Waals surface area (Å²) in [7, 11) is 3.82. The summed E-state index contributed by atoms with van der Waals surface area (Å²) in [6, 6.07) is 5.84. The predicted molar refractivity (Wildman–Crippen MR) is 66.5 cm³/mol. The zero-order valence-electron chi connectivity index (χ0n) is 9.49. The number of ether oxygens (including phenoxy) is 1. The van der Waals surface area contributed by atoms with Crippen LogP contribution in [0.4, 0.5) is 5.69 Å². The molecule has 0 fully saturated rings. The van der Waals surface area contributed by atoms with Gasteiger partial charge in [-0.25, -0.2) is 4.99 Å². The predicted octanol–water partition coefficient (Wildman–Crippen LogP) is 3.06. The highest BCUT2D eigenvalue weighted by Crippen LogP contribution is 2.35. The lowest BCUT2D eigenvalue weighted by Gasteiger charge is -2.18. The van der Waals surface area contributed by atoms with Gasteiger partial charge in [-0.05, 0) is 24.6 Å². The Morgan fingerprint density at radius 1 is 1.38 bits per heavy atom. The SMILES string of the molecule is Cc1ccc2c(c1)N=C(Cl)/C(=C\N(C)C)O2. The van der Waals surface area contributed by atoms with Gasteiger partial charge < -0.3 is 9.64 Å². The van der Waals surface area contributed by atoms with Crippen LogP contribution in [0, 0.1) is 6.92 Å². The molecule has 1 aromatic carbocycles. The van der Waals surface area contributed by atoms with Crippen molar-refractivity contribution in [1.29, 1.82) is 0 Å². The first kappa shape index (κ1) is 11.0. The molecule has 16 heavy (non-hydrogen) atoms. The molecular weight excluding hydrogens is 224 g/mol. The number of hydrogen-bond acceptors (Lipinski definition) is 3. The highest BCUT2D eigenvalue weighted by molar-refractivity contribution is 6.69. The van der Waals surface area contributed by atoms with Crippen LogP contribution in [0.1, 0.15) is 5.56 Å². The van der Waals surface area contributed by atoms with E-state index in [1.165, 1.54) is 0 Å². The number of hydrogen-bond donors (Lipinski definition) is 0. The van der Waals surface area contributed by atoms with Crippen molar-refractivity contribution < 1.29 is 4.74 Å². The van der Waals surface area contributed by atoms with Crippen molar-refractivity contribution in [2.45, 2.75) is 6.92 Å². The largest absolute Gasteiger partial charge is 0.450 e. The molecule has 1 heterocycles. The Morgan fingerprint density at radius 3 is 2.81 bits per heavy atom. The Balaban J connectivity index is 2.42. The highest BCUT2D eigenvalue weighted by atomic mass is 35.5. The van der Waals surface area contributed by atoms with Gasteiger partial charge in [0.15, 0.2) is 16.7 Å². The van der Waals surface area contributed by atoms with E-state index in [9.17, 15) is 0 Å². The summed E-state index contributed by atoms with van der Waals surface area (Å²) in [5.74, 6) is 1.31. The number of benzene rings is 1. The number of aryl methyl sites for hydroxylation is 1. The van der Waals surface area contributed by atoms with Gasteiger partial charge >= 0.3 is 0 Å². The van der Waals surface area contributed by atoms with Gasteiger partial charge in [-0.15, -0.1) is 0 Å². The molecule has 0 N–H and O–H groups in total. The van der Waals surface area contributed by atoms with E-state index in [4.69, 9.17) is 16.3 Å². The molecule has 0 aliphatic carbocycles. The fourth-order valence-corrected chi connectivity index (χ4v) is 1.62. The van der Waals surface area contributed by atoms with Crippen molar-refractivity contribution in [1.82, 2.24) is 4.90 Å². The maximum atomic E-state index is 6.04. The van der Waals surface area contributed by atoms with E-state index in [-0.39, 0.29) is 0 Å². The van der Waals surface area contributed by atoms with Crippen molar-refractivity contribution in [3.05, 3.63) is 35.7 Å². The minimum atomic E-state index is 0.381. The Labute approximate surface area is 100.0 Å². The van der Waals surface area contributed by atoms with Crippen LogP contribution in [-0.2, 0) is 0 Å². The van der Waals surface area contributed by atoms with Crippen molar-refractivity contribution in [3.8, 4) is 5.75 Å². The zero-order chi connectivity index (χ0) is 11.7. The molecule has 4 heteroatoms. The molecule has 0 aromatic heterocycles. The van der Waals surface area contributed by atoms with Gasteiger partial charge in [0.1, 0.15) is 5.69 Å². The lowest BCUT2D eigenvalue weighted by Crippen LogP contribution is -2.13. The van der Waals surface area contributed by atoms with Crippen molar-refractivity contribution in [2.75, 3.05) is 14.1 Å². The number of fused-ring (bicyclic) bond motifs is 1. The van der Waals surface area contributed by atoms with E-state index in [1.54, 1.807) is 6.20 Å². The molecule has 0 bridgehead atoms. The molecule has 2 rings (SSSR count). The Hall–Kier alpha value is -1.48. The first-order valence-corrected chi connectivity index (χ1v) is 5.35. The quantitative estimate of drug-likeness (QED) is 0.749. The first-order chi connectivity index (χ1) is 7.56. The molecule has 0 saturated carbocycles. The van der Waals surface area contributed by atoms with Gasteiger partial charge in [0.2, 0.25) is 0 Å². The van der Waals surface area contributed by atoms with Gasteiger partial charge in [-0.1, -0.05) is 17.7 Å². The van der Waals surface area contributed by atoms with Crippen LogP contribution in [0.3, 0.4) is 0 Å². The Bertz CT molecular complexity index is 478. The van der Waals surface area contributed by atoms with Crippen LogP contribution in [0.2, 0.25) is 0 Å². The normalized spacial score (nSPS) is 16.5. The van der Waals surface area contributed by atoms with E-state index in [1.807, 2.05) is 44.1 Å². The molecular formula is C12H13ClN2O. The average molecular weight is 237 g/mol. The van der Waals surface area contributed by atoms with Crippen LogP contribution in [-0.4, -0.2) is 24.2 Å². The summed E-state index contributed by atoms with van der Waals surface area (Å²) in [6.07, 6.45) is 1.80. The zero-order valence-corrected chi connectivity index (χ0v) is 10.2. The van der Waals surface area contributed by atoms with E-state index in [0.29, 0.717) is 10.9 Å². The summed E-state index contributed by atoms with van der Waals surface area (Å²) in [4.78, 5) is 6.17. The van der Waals surface area contributed by atoms with Gasteiger partial charge in [-0.2, -0.15) is 0 Å². The molecule has 0 saturated heterocycles. The van der Waals surface area contributed by atoms with Crippen molar-refractivity contribution >= 4 is 22.5 Å². The average Bonchev–Trinajstić information content (AvgIpc) is 2.19. The number of aliphatic imine (C=N–C) groups is 1. The number of allylic oxidation sites excluding steroid dienone is 1. The third-order valence-corrected chi connectivity index (χ3v) is 2.40. The lowest BCUT2D eigenvalue weighted by molar-refractivity contribution is 0.428. The summed E-state index contributed by atoms with van der Waals surface area (Å²) < 4.78 is 5.67. The minimum Gasteiger partial charge on any atom is -0.450 e.